The fourth-order valence-corrected chi connectivity index (χ4v) is 3.05. The molecule has 1 heterocycles. The molecule has 0 saturated carbocycles. The van der Waals surface area contributed by atoms with Crippen molar-refractivity contribution >= 4 is 6.03 Å². The van der Waals surface area contributed by atoms with Gasteiger partial charge in [0.25, 0.3) is 0 Å². The molecule has 2 aromatic carbocycles. The minimum atomic E-state index is -0.276. The molecule has 158 valence electrons. The molecule has 0 saturated heterocycles. The number of nitrogens with zero attached hydrogens (tertiary/aromatic N) is 4. The molecule has 0 spiro atoms. The Labute approximate surface area is 176 Å². The second-order valence-electron chi connectivity index (χ2n) is 7.45. The summed E-state index contributed by atoms with van der Waals surface area (Å²) in [5.74, 6) is -0.276. The summed E-state index contributed by atoms with van der Waals surface area (Å²) < 4.78 is 15.0. The lowest BCUT2D eigenvalue weighted by Gasteiger charge is -2.25. The van der Waals surface area contributed by atoms with E-state index < -0.39 is 0 Å². The number of nitrogens with one attached hydrogen (secondary N) is 1. The van der Waals surface area contributed by atoms with Gasteiger partial charge in [0.15, 0.2) is 0 Å². The van der Waals surface area contributed by atoms with Crippen LogP contribution in [0.1, 0.15) is 11.1 Å². The topological polar surface area (TPSA) is 53.4 Å². The molecule has 6 nitrogen and oxygen atoms in total. The van der Waals surface area contributed by atoms with Crippen LogP contribution in [0.2, 0.25) is 0 Å². The molecule has 3 rings (SSSR count). The number of hydrogen-bond acceptors (Lipinski definition) is 3. The summed E-state index contributed by atoms with van der Waals surface area (Å²) in [7, 11) is 3.95. The molecule has 7 heteroatoms. The van der Waals surface area contributed by atoms with Crippen molar-refractivity contribution in [1.29, 1.82) is 0 Å². The summed E-state index contributed by atoms with van der Waals surface area (Å²) in [4.78, 5) is 16.5. The van der Waals surface area contributed by atoms with E-state index in [1.165, 1.54) is 12.1 Å². The third kappa shape index (κ3) is 6.42. The normalized spacial score (nSPS) is 10.9. The Kier molecular flexibility index (Phi) is 7.57. The van der Waals surface area contributed by atoms with Crippen LogP contribution in [-0.2, 0) is 13.0 Å². The minimum Gasteiger partial charge on any atom is -0.338 e. The number of benzene rings is 2. The van der Waals surface area contributed by atoms with Crippen LogP contribution >= 0.6 is 0 Å². The average molecular weight is 410 g/mol. The zero-order valence-corrected chi connectivity index (χ0v) is 17.5. The Hall–Kier alpha value is -3.19. The van der Waals surface area contributed by atoms with Crippen molar-refractivity contribution < 1.29 is 9.18 Å². The largest absolute Gasteiger partial charge is 0.338 e. The van der Waals surface area contributed by atoms with Crippen molar-refractivity contribution in [2.45, 2.75) is 13.0 Å². The van der Waals surface area contributed by atoms with Gasteiger partial charge in [0.05, 0.1) is 5.69 Å². The van der Waals surface area contributed by atoms with Gasteiger partial charge in [0, 0.05) is 38.6 Å². The Balaban J connectivity index is 1.53. The number of urea groups is 1. The number of carbonyl (C=O) groups is 1. The summed E-state index contributed by atoms with van der Waals surface area (Å²) >= 11 is 0. The van der Waals surface area contributed by atoms with Gasteiger partial charge in [-0.3, -0.25) is 0 Å². The molecule has 0 bridgehead atoms. The summed E-state index contributed by atoms with van der Waals surface area (Å²) in [6.07, 6.45) is 4.39. The van der Waals surface area contributed by atoms with Crippen LogP contribution in [0.4, 0.5) is 9.18 Å². The van der Waals surface area contributed by atoms with Crippen molar-refractivity contribution in [2.24, 2.45) is 0 Å². The van der Waals surface area contributed by atoms with E-state index in [1.54, 1.807) is 23.2 Å². The van der Waals surface area contributed by atoms with E-state index in [1.807, 2.05) is 60.2 Å². The molecule has 0 atom stereocenters. The van der Waals surface area contributed by atoms with Gasteiger partial charge in [-0.05, 0) is 62.0 Å². The summed E-state index contributed by atoms with van der Waals surface area (Å²) in [6, 6.07) is 16.2. The molecular weight excluding hydrogens is 381 g/mol. The molecule has 1 N–H and O–H groups in total. The molecule has 30 heavy (non-hydrogen) atoms. The average Bonchev–Trinajstić information content (AvgIpc) is 3.27. The van der Waals surface area contributed by atoms with Crippen LogP contribution in [0.3, 0.4) is 0 Å². The van der Waals surface area contributed by atoms with Gasteiger partial charge in [-0.2, -0.15) is 5.10 Å². The molecule has 0 aliphatic rings. The third-order valence-electron chi connectivity index (χ3n) is 4.79. The first-order valence-electron chi connectivity index (χ1n) is 10.0. The smallest absolute Gasteiger partial charge is 0.317 e. The van der Waals surface area contributed by atoms with E-state index in [2.05, 4.69) is 10.4 Å². The summed E-state index contributed by atoms with van der Waals surface area (Å²) in [6.45, 7) is 2.33. The van der Waals surface area contributed by atoms with E-state index in [-0.39, 0.29) is 11.8 Å². The zero-order chi connectivity index (χ0) is 21.3. The molecule has 0 aliphatic carbocycles. The first-order valence-corrected chi connectivity index (χ1v) is 10.0. The zero-order valence-electron chi connectivity index (χ0n) is 17.5. The van der Waals surface area contributed by atoms with Crippen LogP contribution < -0.4 is 5.32 Å². The Morgan fingerprint density at radius 3 is 2.37 bits per heavy atom. The lowest BCUT2D eigenvalue weighted by Crippen LogP contribution is -2.43. The standard InChI is InChI=1S/C23H28FN5O/c1-27(2)16-17-28(18-20-4-8-21(24)9-5-20)23(30)25-14-12-19-6-10-22(11-7-19)29-15-3-13-26-29/h3-11,13,15H,12,14,16-18H2,1-2H3,(H,25,30). The van der Waals surface area contributed by atoms with E-state index in [4.69, 9.17) is 0 Å². The van der Waals surface area contributed by atoms with Gasteiger partial charge in [0.1, 0.15) is 5.82 Å². The number of aromatic nitrogens is 2. The second kappa shape index (κ2) is 10.5. The lowest BCUT2D eigenvalue weighted by molar-refractivity contribution is 0.189. The lowest BCUT2D eigenvalue weighted by atomic mass is 10.1. The van der Waals surface area contributed by atoms with E-state index >= 15 is 0 Å². The SMILES string of the molecule is CN(C)CCN(Cc1ccc(F)cc1)C(=O)NCCc1ccc(-n2cccn2)cc1. The highest BCUT2D eigenvalue weighted by atomic mass is 19.1. The number of rotatable bonds is 9. The molecule has 0 fully saturated rings. The van der Waals surface area contributed by atoms with Gasteiger partial charge in [-0.1, -0.05) is 24.3 Å². The van der Waals surface area contributed by atoms with Crippen molar-refractivity contribution in [3.63, 3.8) is 0 Å². The fourth-order valence-electron chi connectivity index (χ4n) is 3.05. The maximum absolute atomic E-state index is 13.2. The molecule has 0 radical (unpaired) electrons. The molecule has 0 aliphatic heterocycles. The van der Waals surface area contributed by atoms with Crippen molar-refractivity contribution in [3.05, 3.63) is 83.9 Å². The van der Waals surface area contributed by atoms with Gasteiger partial charge in [-0.25, -0.2) is 13.9 Å². The number of amides is 2. The van der Waals surface area contributed by atoms with Crippen LogP contribution in [0, 0.1) is 5.82 Å². The minimum absolute atomic E-state index is 0.116. The van der Waals surface area contributed by atoms with Gasteiger partial charge < -0.3 is 15.1 Å². The predicted molar refractivity (Wildman–Crippen MR) is 116 cm³/mol. The second-order valence-corrected chi connectivity index (χ2v) is 7.45. The maximum Gasteiger partial charge on any atom is 0.317 e. The van der Waals surface area contributed by atoms with Gasteiger partial charge in [-0.15, -0.1) is 0 Å². The van der Waals surface area contributed by atoms with Crippen LogP contribution in [0.25, 0.3) is 5.69 Å². The molecule has 3 aromatic rings. The molecule has 2 amide bonds. The number of likely N-dealkylation sites (N-methyl/N-ethyl adjacent to an activating group) is 1. The Morgan fingerprint density at radius 1 is 1.03 bits per heavy atom. The summed E-state index contributed by atoms with van der Waals surface area (Å²) in [5, 5.41) is 7.23. The summed E-state index contributed by atoms with van der Waals surface area (Å²) in [5.41, 5.74) is 3.05. The van der Waals surface area contributed by atoms with Crippen molar-refractivity contribution in [3.8, 4) is 5.69 Å². The van der Waals surface area contributed by atoms with Gasteiger partial charge >= 0.3 is 6.03 Å². The predicted octanol–water partition coefficient (Wildman–Crippen LogP) is 3.33. The Morgan fingerprint density at radius 2 is 1.73 bits per heavy atom. The quantitative estimate of drug-likeness (QED) is 0.590. The third-order valence-corrected chi connectivity index (χ3v) is 4.79. The highest BCUT2D eigenvalue weighted by molar-refractivity contribution is 5.74. The first-order chi connectivity index (χ1) is 14.5. The number of hydrogen-bond donors (Lipinski definition) is 1. The first kappa shape index (κ1) is 21.5. The van der Waals surface area contributed by atoms with E-state index in [0.29, 0.717) is 19.6 Å². The monoisotopic (exact) mass is 409 g/mol. The molecule has 0 unspecified atom stereocenters. The van der Waals surface area contributed by atoms with Gasteiger partial charge in [0.2, 0.25) is 0 Å². The highest BCUT2D eigenvalue weighted by Gasteiger charge is 2.14. The molecular formula is C23H28FN5O. The van der Waals surface area contributed by atoms with Crippen LogP contribution in [0.15, 0.2) is 67.0 Å². The van der Waals surface area contributed by atoms with Crippen molar-refractivity contribution in [2.75, 3.05) is 33.7 Å². The van der Waals surface area contributed by atoms with Crippen LogP contribution in [0.5, 0.6) is 0 Å². The number of halogens is 1. The van der Waals surface area contributed by atoms with E-state index in [9.17, 15) is 9.18 Å². The van der Waals surface area contributed by atoms with E-state index in [0.717, 1.165) is 29.8 Å². The highest BCUT2D eigenvalue weighted by Crippen LogP contribution is 2.10. The molecule has 1 aromatic heterocycles. The number of carbonyl (C=O) groups excluding carboxylic acids is 1. The van der Waals surface area contributed by atoms with Crippen LogP contribution in [-0.4, -0.2) is 59.3 Å². The maximum atomic E-state index is 13.2. The Bertz CT molecular complexity index is 908. The van der Waals surface area contributed by atoms with Crippen molar-refractivity contribution in [1.82, 2.24) is 24.9 Å². The fraction of sp³-hybridized carbons (Fsp3) is 0.304.